The van der Waals surface area contributed by atoms with Gasteiger partial charge in [-0.25, -0.2) is 0 Å². The summed E-state index contributed by atoms with van der Waals surface area (Å²) < 4.78 is 5.52. The zero-order chi connectivity index (χ0) is 13.8. The van der Waals surface area contributed by atoms with Crippen LogP contribution in [-0.2, 0) is 4.79 Å². The smallest absolute Gasteiger partial charge is 0.257 e. The number of hydrogen-bond acceptors (Lipinski definition) is 3. The molecular weight excluding hydrogens is 244 g/mol. The first-order valence-electron chi connectivity index (χ1n) is 6.44. The topological polar surface area (TPSA) is 58.6 Å². The molecule has 0 fully saturated rings. The summed E-state index contributed by atoms with van der Waals surface area (Å²) in [5.41, 5.74) is 1.12. The van der Waals surface area contributed by atoms with E-state index in [1.165, 1.54) is 0 Å². The van der Waals surface area contributed by atoms with E-state index in [-0.39, 0.29) is 11.8 Å². The number of benzene rings is 1. The van der Waals surface area contributed by atoms with Gasteiger partial charge in [0, 0.05) is 19.2 Å². The van der Waals surface area contributed by atoms with Crippen molar-refractivity contribution in [2.45, 2.75) is 19.8 Å². The number of nitrogens with one attached hydrogen (secondary N) is 1. The van der Waals surface area contributed by atoms with Gasteiger partial charge in [0.2, 0.25) is 5.91 Å². The lowest BCUT2D eigenvalue weighted by Gasteiger charge is -2.13. The number of nitrogens with zero attached hydrogens (tertiary/aromatic N) is 1. The summed E-state index contributed by atoms with van der Waals surface area (Å²) in [7, 11) is 1.74. The Bertz CT molecular complexity index is 499. The van der Waals surface area contributed by atoms with Crippen LogP contribution in [0.2, 0.25) is 0 Å². The van der Waals surface area contributed by atoms with Gasteiger partial charge < -0.3 is 15.0 Å². The van der Waals surface area contributed by atoms with E-state index in [0.717, 1.165) is 6.42 Å². The molecule has 0 atom stereocenters. The number of anilines is 1. The molecule has 1 aliphatic heterocycles. The zero-order valence-corrected chi connectivity index (χ0v) is 11.2. The standard InChI is InChI=1S/C14H18N2O3/c1-3-4-13(17)15-10-5-6-12-11(9-10)14(18)16(2)7-8-19-12/h5-6,9H,3-4,7-8H2,1-2H3,(H,15,17). The van der Waals surface area contributed by atoms with E-state index < -0.39 is 0 Å². The fourth-order valence-corrected chi connectivity index (χ4v) is 1.95. The predicted octanol–water partition coefficient (Wildman–Crippen LogP) is 1.89. The van der Waals surface area contributed by atoms with Crippen molar-refractivity contribution < 1.29 is 14.3 Å². The van der Waals surface area contributed by atoms with Crippen LogP contribution in [0.25, 0.3) is 0 Å². The molecule has 5 nitrogen and oxygen atoms in total. The molecule has 1 heterocycles. The van der Waals surface area contributed by atoms with Crippen LogP contribution < -0.4 is 10.1 Å². The normalized spacial score (nSPS) is 14.4. The van der Waals surface area contributed by atoms with Gasteiger partial charge in [-0.2, -0.15) is 0 Å². The van der Waals surface area contributed by atoms with Gasteiger partial charge in [0.15, 0.2) is 0 Å². The van der Waals surface area contributed by atoms with Gasteiger partial charge in [-0.05, 0) is 24.6 Å². The number of carbonyl (C=O) groups is 2. The van der Waals surface area contributed by atoms with Crippen LogP contribution in [0, 0.1) is 0 Å². The van der Waals surface area contributed by atoms with E-state index in [0.29, 0.717) is 36.6 Å². The third-order valence-corrected chi connectivity index (χ3v) is 3.00. The summed E-state index contributed by atoms with van der Waals surface area (Å²) in [4.78, 5) is 25.3. The van der Waals surface area contributed by atoms with Crippen molar-refractivity contribution in [1.29, 1.82) is 0 Å². The number of rotatable bonds is 3. The fourth-order valence-electron chi connectivity index (χ4n) is 1.95. The minimum Gasteiger partial charge on any atom is -0.491 e. The lowest BCUT2D eigenvalue weighted by atomic mass is 10.1. The number of fused-ring (bicyclic) bond motifs is 1. The molecule has 0 aromatic heterocycles. The van der Waals surface area contributed by atoms with Gasteiger partial charge in [0.25, 0.3) is 5.91 Å². The molecule has 2 rings (SSSR count). The molecule has 0 bridgehead atoms. The van der Waals surface area contributed by atoms with E-state index >= 15 is 0 Å². The summed E-state index contributed by atoms with van der Waals surface area (Å²) >= 11 is 0. The first-order chi connectivity index (χ1) is 9.11. The highest BCUT2D eigenvalue weighted by Gasteiger charge is 2.21. The maximum atomic E-state index is 12.1. The SMILES string of the molecule is CCCC(=O)Nc1ccc2c(c1)C(=O)N(C)CCO2. The van der Waals surface area contributed by atoms with Gasteiger partial charge in [-0.1, -0.05) is 6.92 Å². The Balaban J connectivity index is 2.24. The van der Waals surface area contributed by atoms with Crippen LogP contribution in [0.5, 0.6) is 5.75 Å². The average molecular weight is 262 g/mol. The molecular formula is C14H18N2O3. The lowest BCUT2D eigenvalue weighted by molar-refractivity contribution is -0.116. The van der Waals surface area contributed by atoms with Crippen molar-refractivity contribution in [3.63, 3.8) is 0 Å². The molecule has 0 saturated carbocycles. The lowest BCUT2D eigenvalue weighted by Crippen LogP contribution is -2.27. The van der Waals surface area contributed by atoms with E-state index in [1.807, 2.05) is 6.92 Å². The summed E-state index contributed by atoms with van der Waals surface area (Å²) in [5.74, 6) is 0.444. The number of ether oxygens (including phenoxy) is 1. The monoisotopic (exact) mass is 262 g/mol. The summed E-state index contributed by atoms with van der Waals surface area (Å²) in [6.07, 6.45) is 1.27. The average Bonchev–Trinajstić information content (AvgIpc) is 2.51. The highest BCUT2D eigenvalue weighted by Crippen LogP contribution is 2.26. The molecule has 1 aromatic rings. The third-order valence-electron chi connectivity index (χ3n) is 3.00. The van der Waals surface area contributed by atoms with Crippen LogP contribution in [0.15, 0.2) is 18.2 Å². The summed E-state index contributed by atoms with van der Waals surface area (Å²) in [6.45, 7) is 2.99. The molecule has 5 heteroatoms. The zero-order valence-electron chi connectivity index (χ0n) is 11.2. The molecule has 1 N–H and O–H groups in total. The van der Waals surface area contributed by atoms with E-state index in [1.54, 1.807) is 30.1 Å². The Morgan fingerprint density at radius 2 is 2.26 bits per heavy atom. The fraction of sp³-hybridized carbons (Fsp3) is 0.429. The van der Waals surface area contributed by atoms with Crippen molar-refractivity contribution in [1.82, 2.24) is 4.90 Å². The van der Waals surface area contributed by atoms with Crippen LogP contribution in [0.1, 0.15) is 30.1 Å². The van der Waals surface area contributed by atoms with Crippen molar-refractivity contribution in [3.8, 4) is 5.75 Å². The van der Waals surface area contributed by atoms with Gasteiger partial charge >= 0.3 is 0 Å². The van der Waals surface area contributed by atoms with Crippen molar-refractivity contribution in [3.05, 3.63) is 23.8 Å². The van der Waals surface area contributed by atoms with Gasteiger partial charge in [0.05, 0.1) is 12.1 Å². The molecule has 2 amide bonds. The Kier molecular flexibility index (Phi) is 4.04. The highest BCUT2D eigenvalue weighted by molar-refractivity contribution is 5.99. The first-order valence-corrected chi connectivity index (χ1v) is 6.44. The molecule has 102 valence electrons. The van der Waals surface area contributed by atoms with Gasteiger partial charge in [-0.15, -0.1) is 0 Å². The highest BCUT2D eigenvalue weighted by atomic mass is 16.5. The molecule has 1 aromatic carbocycles. The predicted molar refractivity (Wildman–Crippen MR) is 72.4 cm³/mol. The number of hydrogen-bond donors (Lipinski definition) is 1. The van der Waals surface area contributed by atoms with Crippen molar-refractivity contribution in [2.24, 2.45) is 0 Å². The molecule has 0 spiro atoms. The summed E-state index contributed by atoms with van der Waals surface area (Å²) in [6, 6.07) is 5.16. The third kappa shape index (κ3) is 3.05. The maximum Gasteiger partial charge on any atom is 0.257 e. The van der Waals surface area contributed by atoms with Crippen molar-refractivity contribution >= 4 is 17.5 Å². The molecule has 0 unspecified atom stereocenters. The summed E-state index contributed by atoms with van der Waals surface area (Å²) in [5, 5.41) is 2.78. The second kappa shape index (κ2) is 5.73. The second-order valence-corrected chi connectivity index (χ2v) is 4.58. The van der Waals surface area contributed by atoms with Gasteiger partial charge in [0.1, 0.15) is 12.4 Å². The minimum absolute atomic E-state index is 0.0437. The number of likely N-dealkylation sites (N-methyl/N-ethyl adjacent to an activating group) is 1. The first kappa shape index (κ1) is 13.4. The number of carbonyl (C=O) groups excluding carboxylic acids is 2. The van der Waals surface area contributed by atoms with E-state index in [9.17, 15) is 9.59 Å². The molecule has 0 radical (unpaired) electrons. The largest absolute Gasteiger partial charge is 0.491 e. The quantitative estimate of drug-likeness (QED) is 0.905. The second-order valence-electron chi connectivity index (χ2n) is 4.58. The molecule has 0 aliphatic carbocycles. The molecule has 0 saturated heterocycles. The van der Waals surface area contributed by atoms with E-state index in [4.69, 9.17) is 4.74 Å². The van der Waals surface area contributed by atoms with Crippen LogP contribution >= 0.6 is 0 Å². The van der Waals surface area contributed by atoms with Crippen LogP contribution in [0.3, 0.4) is 0 Å². The Labute approximate surface area is 112 Å². The van der Waals surface area contributed by atoms with E-state index in [2.05, 4.69) is 5.32 Å². The Hall–Kier alpha value is -2.04. The molecule has 19 heavy (non-hydrogen) atoms. The molecule has 1 aliphatic rings. The Morgan fingerprint density at radius 3 is 3.00 bits per heavy atom. The van der Waals surface area contributed by atoms with Crippen LogP contribution in [0.4, 0.5) is 5.69 Å². The van der Waals surface area contributed by atoms with Crippen molar-refractivity contribution in [2.75, 3.05) is 25.5 Å². The maximum absolute atomic E-state index is 12.1. The minimum atomic E-state index is -0.0842. The van der Waals surface area contributed by atoms with Gasteiger partial charge in [-0.3, -0.25) is 9.59 Å². The Morgan fingerprint density at radius 1 is 1.47 bits per heavy atom. The number of amides is 2. The van der Waals surface area contributed by atoms with Crippen LogP contribution in [-0.4, -0.2) is 36.9 Å².